The lowest BCUT2D eigenvalue weighted by Gasteiger charge is -2.36. The Hall–Kier alpha value is -7.64. The number of likely N-dealkylation sites (N-methyl/N-ethyl adjacent to an activating group) is 1. The minimum Gasteiger partial charge on any atom is -0.351 e. The number of nitriles is 2. The number of urea groups is 2. The normalized spacial score (nSPS) is 16.8. The van der Waals surface area contributed by atoms with E-state index in [0.29, 0.717) is 22.3 Å². The number of anilines is 2. The van der Waals surface area contributed by atoms with Gasteiger partial charge in [-0.05, 0) is 92.7 Å². The molecule has 13 nitrogen and oxygen atoms in total. The Morgan fingerprint density at radius 3 is 1.33 bits per heavy atom. The van der Waals surface area contributed by atoms with Gasteiger partial charge in [0.15, 0.2) is 0 Å². The van der Waals surface area contributed by atoms with Crippen molar-refractivity contribution in [2.45, 2.75) is 38.3 Å². The van der Waals surface area contributed by atoms with Crippen molar-refractivity contribution in [2.24, 2.45) is 0 Å². The topological polar surface area (TPSA) is 174 Å². The summed E-state index contributed by atoms with van der Waals surface area (Å²) in [5, 5.41) is 29.6. The lowest BCUT2D eigenvalue weighted by Crippen LogP contribution is -2.50. The number of benzene rings is 4. The van der Waals surface area contributed by atoms with Crippen LogP contribution in [-0.4, -0.2) is 62.0 Å². The summed E-state index contributed by atoms with van der Waals surface area (Å²) in [7, 11) is 1.71. The highest BCUT2D eigenvalue weighted by Gasteiger charge is 2.40. The molecule has 64 heavy (non-hydrogen) atoms. The van der Waals surface area contributed by atoms with Gasteiger partial charge in [0, 0.05) is 37.6 Å². The summed E-state index contributed by atoms with van der Waals surface area (Å²) < 4.78 is 81.8. The molecule has 2 heterocycles. The van der Waals surface area contributed by atoms with Gasteiger partial charge in [0.1, 0.15) is 0 Å². The van der Waals surface area contributed by atoms with Crippen LogP contribution in [0.2, 0.25) is 0 Å². The van der Waals surface area contributed by atoms with E-state index in [4.69, 9.17) is 0 Å². The van der Waals surface area contributed by atoms with Gasteiger partial charge in [-0.3, -0.25) is 19.4 Å². The van der Waals surface area contributed by atoms with Gasteiger partial charge in [0.2, 0.25) is 0 Å². The summed E-state index contributed by atoms with van der Waals surface area (Å²) in [4.78, 5) is 58.6. The highest BCUT2D eigenvalue weighted by Crippen LogP contribution is 2.39. The predicted molar refractivity (Wildman–Crippen MR) is 222 cm³/mol. The van der Waals surface area contributed by atoms with E-state index < -0.39 is 59.4 Å². The highest BCUT2D eigenvalue weighted by molar-refractivity contribution is 6.06. The molecule has 2 aliphatic heterocycles. The van der Waals surface area contributed by atoms with E-state index in [9.17, 15) is 56.0 Å². The number of rotatable bonds is 12. The predicted octanol–water partition coefficient (Wildman–Crippen LogP) is 7.42. The molecule has 4 aromatic rings. The molecule has 6 rings (SSSR count). The second-order valence-electron chi connectivity index (χ2n) is 14.8. The summed E-state index contributed by atoms with van der Waals surface area (Å²) in [5.74, 6) is -1.27. The van der Waals surface area contributed by atoms with Crippen molar-refractivity contribution in [3.8, 4) is 12.1 Å². The van der Waals surface area contributed by atoms with Crippen molar-refractivity contribution in [2.75, 3.05) is 43.0 Å². The van der Waals surface area contributed by atoms with Gasteiger partial charge in [-0.1, -0.05) is 36.4 Å². The zero-order valence-corrected chi connectivity index (χ0v) is 34.4. The molecule has 0 saturated heterocycles. The zero-order chi connectivity index (χ0) is 46.5. The van der Waals surface area contributed by atoms with Crippen LogP contribution in [0.1, 0.15) is 59.3 Å². The lowest BCUT2D eigenvalue weighted by molar-refractivity contribution is -0.138. The Kier molecular flexibility index (Phi) is 13.5. The maximum absolute atomic E-state index is 14.0. The number of halogens is 6. The summed E-state index contributed by atoms with van der Waals surface area (Å²) in [5.41, 5.74) is -0.493. The minimum atomic E-state index is -4.70. The first-order valence-corrected chi connectivity index (χ1v) is 19.5. The number of allylic oxidation sites excluding steroid dienone is 2. The molecule has 330 valence electrons. The Morgan fingerprint density at radius 1 is 0.641 bits per heavy atom. The summed E-state index contributed by atoms with van der Waals surface area (Å²) >= 11 is 0. The SMILES string of the molecule is CC1=C(C(=O)NCCN(C)CCNC(=O)C2=C(C)N(c3cccc(C(F)(F)F)c3)C(=O)N[C@@H]2c2ccc(C#N)cc2)[C@@H](c2ccc(C#N)cc2)NC(=O)N1c1cccc(C(F)(F)F)c1. The van der Waals surface area contributed by atoms with Crippen molar-refractivity contribution in [1.82, 2.24) is 26.2 Å². The molecule has 0 aliphatic carbocycles. The number of hydrogen-bond acceptors (Lipinski definition) is 7. The molecule has 0 spiro atoms. The molecule has 4 aromatic carbocycles. The third kappa shape index (κ3) is 10.0. The van der Waals surface area contributed by atoms with Crippen molar-refractivity contribution in [1.29, 1.82) is 10.5 Å². The average molecular weight is 884 g/mol. The summed E-state index contributed by atoms with van der Waals surface area (Å²) in [6, 6.07) is 20.8. The maximum Gasteiger partial charge on any atom is 0.416 e. The number of hydrogen-bond donors (Lipinski definition) is 4. The van der Waals surface area contributed by atoms with Crippen molar-refractivity contribution < 1.29 is 45.5 Å². The molecular weight excluding hydrogens is 845 g/mol. The van der Waals surface area contributed by atoms with E-state index in [1.54, 1.807) is 36.2 Å². The number of amides is 6. The molecule has 19 heteroatoms. The molecule has 6 amide bonds. The summed E-state index contributed by atoms with van der Waals surface area (Å²) in [6.45, 7) is 3.43. The fourth-order valence-corrected chi connectivity index (χ4v) is 7.36. The first-order chi connectivity index (χ1) is 30.3. The minimum absolute atomic E-state index is 0.0378. The van der Waals surface area contributed by atoms with Gasteiger partial charge in [-0.15, -0.1) is 0 Å². The Morgan fingerprint density at radius 2 is 1.00 bits per heavy atom. The average Bonchev–Trinajstić information content (AvgIpc) is 3.25. The molecule has 0 saturated carbocycles. The second kappa shape index (κ2) is 18.8. The smallest absolute Gasteiger partial charge is 0.351 e. The second-order valence-corrected chi connectivity index (χ2v) is 14.8. The summed E-state index contributed by atoms with van der Waals surface area (Å²) in [6.07, 6.45) is -9.40. The number of carbonyl (C=O) groups excluding carboxylic acids is 4. The molecule has 0 unspecified atom stereocenters. The third-order valence-corrected chi connectivity index (χ3v) is 10.6. The van der Waals surface area contributed by atoms with Crippen LogP contribution in [0.3, 0.4) is 0 Å². The molecule has 0 radical (unpaired) electrons. The van der Waals surface area contributed by atoms with E-state index in [2.05, 4.69) is 21.3 Å². The molecular formula is C45H39F6N9O4. The molecule has 4 N–H and O–H groups in total. The molecule has 2 aliphatic rings. The Balaban J connectivity index is 1.17. The molecule has 0 fully saturated rings. The molecule has 0 aromatic heterocycles. The van der Waals surface area contributed by atoms with Crippen LogP contribution < -0.4 is 31.1 Å². The van der Waals surface area contributed by atoms with Gasteiger partial charge in [0.05, 0.1) is 69.0 Å². The van der Waals surface area contributed by atoms with Gasteiger partial charge >= 0.3 is 24.4 Å². The fourth-order valence-electron chi connectivity index (χ4n) is 7.36. The number of nitrogens with zero attached hydrogens (tertiary/aromatic N) is 5. The van der Waals surface area contributed by atoms with Crippen molar-refractivity contribution in [3.63, 3.8) is 0 Å². The van der Waals surface area contributed by atoms with E-state index >= 15 is 0 Å². The standard InChI is InChI=1S/C45H39F6N9O4/c1-26-36(38(30-14-10-28(24-52)11-15-30)56-42(63)59(26)34-8-4-6-32(22-34)44(46,47)48)40(61)54-18-20-58(3)21-19-55-41(62)37-27(2)60(35-9-5-7-33(23-35)45(49,50)51)43(64)57-39(37)31-16-12-29(25-53)13-17-31/h4-17,22-23,38-39H,18-21H2,1-3H3,(H,54,61)(H,55,62)(H,56,63)(H,57,64)/t38-,39-/m1/s1. The van der Waals surface area contributed by atoms with Crippen LogP contribution in [0.15, 0.2) is 120 Å². The first kappa shape index (κ1) is 45.9. The highest BCUT2D eigenvalue weighted by atomic mass is 19.4. The van der Waals surface area contributed by atoms with E-state index in [-0.39, 0.29) is 60.1 Å². The van der Waals surface area contributed by atoms with Crippen LogP contribution in [0, 0.1) is 22.7 Å². The van der Waals surface area contributed by atoms with E-state index in [0.717, 1.165) is 46.2 Å². The van der Waals surface area contributed by atoms with Gasteiger partial charge in [-0.2, -0.15) is 36.9 Å². The molecule has 2 atom stereocenters. The van der Waals surface area contributed by atoms with E-state index in [1.165, 1.54) is 50.2 Å². The fraction of sp³-hybridized carbons (Fsp3) is 0.244. The van der Waals surface area contributed by atoms with Crippen molar-refractivity contribution >= 4 is 35.3 Å². The van der Waals surface area contributed by atoms with Crippen LogP contribution >= 0.6 is 0 Å². The largest absolute Gasteiger partial charge is 0.416 e. The van der Waals surface area contributed by atoms with Crippen molar-refractivity contribution in [3.05, 3.63) is 153 Å². The van der Waals surface area contributed by atoms with Gasteiger partial charge in [0.25, 0.3) is 11.8 Å². The lowest BCUT2D eigenvalue weighted by atomic mass is 9.93. The van der Waals surface area contributed by atoms with Gasteiger partial charge < -0.3 is 26.2 Å². The Bertz CT molecular complexity index is 2430. The monoisotopic (exact) mass is 883 g/mol. The van der Waals surface area contributed by atoms with Crippen LogP contribution in [-0.2, 0) is 21.9 Å². The van der Waals surface area contributed by atoms with Crippen LogP contribution in [0.25, 0.3) is 0 Å². The van der Waals surface area contributed by atoms with E-state index in [1.807, 2.05) is 12.1 Å². The molecule has 0 bridgehead atoms. The third-order valence-electron chi connectivity index (χ3n) is 10.6. The maximum atomic E-state index is 14.0. The zero-order valence-electron chi connectivity index (χ0n) is 34.4. The van der Waals surface area contributed by atoms with Gasteiger partial charge in [-0.25, -0.2) is 9.59 Å². The number of alkyl halides is 6. The Labute approximate surface area is 363 Å². The number of nitrogens with one attached hydrogen (secondary N) is 4. The quantitative estimate of drug-likeness (QED) is 0.107. The first-order valence-electron chi connectivity index (χ1n) is 19.5. The number of carbonyl (C=O) groups is 4. The van der Waals surface area contributed by atoms with Crippen LogP contribution in [0.5, 0.6) is 0 Å². The van der Waals surface area contributed by atoms with Crippen LogP contribution in [0.4, 0.5) is 47.3 Å².